The van der Waals surface area contributed by atoms with Crippen LogP contribution in [0.1, 0.15) is 11.1 Å². The van der Waals surface area contributed by atoms with Gasteiger partial charge in [-0.15, -0.1) is 10.2 Å². The van der Waals surface area contributed by atoms with Gasteiger partial charge in [-0.2, -0.15) is 0 Å². The Labute approximate surface area is 198 Å². The van der Waals surface area contributed by atoms with E-state index in [1.807, 2.05) is 71.8 Å². The van der Waals surface area contributed by atoms with Crippen LogP contribution >= 0.6 is 11.8 Å². The fourth-order valence-corrected chi connectivity index (χ4v) is 4.69. The van der Waals surface area contributed by atoms with Crippen LogP contribution in [0.15, 0.2) is 60.0 Å². The Balaban J connectivity index is 1.24. The number of hydrogen-bond acceptors (Lipinski definition) is 6. The van der Waals surface area contributed by atoms with Crippen LogP contribution in [0, 0.1) is 13.8 Å². The molecule has 1 fully saturated rings. The number of piperazine rings is 1. The first-order valence-electron chi connectivity index (χ1n) is 11.0. The molecule has 8 nitrogen and oxygen atoms in total. The number of nitrogens with one attached hydrogen (secondary N) is 1. The second-order valence-electron chi connectivity index (χ2n) is 8.08. The lowest BCUT2D eigenvalue weighted by Gasteiger charge is -2.34. The summed E-state index contributed by atoms with van der Waals surface area (Å²) in [7, 11) is 0. The number of nitrogens with zero attached hydrogens (tertiary/aromatic N) is 5. The zero-order valence-corrected chi connectivity index (χ0v) is 19.7. The minimum absolute atomic E-state index is 0.0250. The second kappa shape index (κ2) is 10.6. The molecule has 0 radical (unpaired) electrons. The molecule has 0 unspecified atom stereocenters. The van der Waals surface area contributed by atoms with E-state index in [9.17, 15) is 9.59 Å². The lowest BCUT2D eigenvalue weighted by atomic mass is 10.1. The summed E-state index contributed by atoms with van der Waals surface area (Å²) >= 11 is 1.39. The number of thioether (sulfide) groups is 1. The maximum absolute atomic E-state index is 12.7. The molecule has 0 spiro atoms. The van der Waals surface area contributed by atoms with Gasteiger partial charge in [0, 0.05) is 37.6 Å². The molecule has 1 N–H and O–H groups in total. The summed E-state index contributed by atoms with van der Waals surface area (Å²) in [4.78, 5) is 29.2. The number of rotatable bonds is 7. The summed E-state index contributed by atoms with van der Waals surface area (Å²) < 4.78 is 1.88. The topological polar surface area (TPSA) is 83.4 Å². The number of carbonyl (C=O) groups excluding carboxylic acids is 2. The molecule has 33 heavy (non-hydrogen) atoms. The van der Waals surface area contributed by atoms with Crippen LogP contribution in [-0.2, 0) is 9.59 Å². The minimum Gasteiger partial charge on any atom is -0.339 e. The van der Waals surface area contributed by atoms with Crippen molar-refractivity contribution in [3.63, 3.8) is 0 Å². The number of anilines is 1. The predicted octanol–water partition coefficient (Wildman–Crippen LogP) is 2.76. The molecule has 1 aliphatic rings. The summed E-state index contributed by atoms with van der Waals surface area (Å²) in [6, 6.07) is 15.8. The standard InChI is InChI=1S/C24H28N6O2S/c1-18-7-6-8-19(2)23(18)26-21(31)15-28-11-13-29(14-12-28)22(32)16-33-24-27-25-17-30(24)20-9-4-3-5-10-20/h3-10,17H,11-16H2,1-2H3,(H,26,31). The van der Waals surface area contributed by atoms with Gasteiger partial charge in [-0.25, -0.2) is 0 Å². The van der Waals surface area contributed by atoms with E-state index in [2.05, 4.69) is 20.4 Å². The molecule has 4 rings (SSSR count). The molecule has 1 aromatic heterocycles. The van der Waals surface area contributed by atoms with Crippen LogP contribution in [0.3, 0.4) is 0 Å². The fraction of sp³-hybridized carbons (Fsp3) is 0.333. The third-order valence-corrected chi connectivity index (χ3v) is 6.64. The lowest BCUT2D eigenvalue weighted by Crippen LogP contribution is -2.51. The van der Waals surface area contributed by atoms with Crippen LogP contribution < -0.4 is 5.32 Å². The SMILES string of the molecule is Cc1cccc(C)c1NC(=O)CN1CCN(C(=O)CSc2nncn2-c2ccccc2)CC1. The van der Waals surface area contributed by atoms with Crippen molar-refractivity contribution in [2.45, 2.75) is 19.0 Å². The molecule has 0 aliphatic carbocycles. The number of benzene rings is 2. The molecule has 0 atom stereocenters. The van der Waals surface area contributed by atoms with E-state index in [0.717, 1.165) is 22.5 Å². The van der Waals surface area contributed by atoms with Gasteiger partial charge in [0.25, 0.3) is 0 Å². The molecule has 2 amide bonds. The zero-order valence-electron chi connectivity index (χ0n) is 18.9. The highest BCUT2D eigenvalue weighted by Gasteiger charge is 2.23. The molecule has 2 aromatic carbocycles. The molecule has 1 aliphatic heterocycles. The third kappa shape index (κ3) is 5.80. The van der Waals surface area contributed by atoms with Crippen molar-refractivity contribution in [1.29, 1.82) is 0 Å². The van der Waals surface area contributed by atoms with Crippen molar-refractivity contribution in [1.82, 2.24) is 24.6 Å². The van der Waals surface area contributed by atoms with E-state index in [-0.39, 0.29) is 11.8 Å². The number of hydrogen-bond donors (Lipinski definition) is 1. The highest BCUT2D eigenvalue weighted by Crippen LogP contribution is 2.21. The van der Waals surface area contributed by atoms with E-state index >= 15 is 0 Å². The molecule has 2 heterocycles. The first-order valence-corrected chi connectivity index (χ1v) is 11.9. The van der Waals surface area contributed by atoms with E-state index in [0.29, 0.717) is 43.6 Å². The van der Waals surface area contributed by atoms with E-state index in [1.54, 1.807) is 6.33 Å². The second-order valence-corrected chi connectivity index (χ2v) is 9.02. The number of para-hydroxylation sites is 2. The summed E-state index contributed by atoms with van der Waals surface area (Å²) in [5, 5.41) is 11.9. The molecule has 3 aromatic rings. The Bertz CT molecular complexity index is 1090. The molecule has 1 saturated heterocycles. The number of aromatic nitrogens is 3. The van der Waals surface area contributed by atoms with Crippen molar-refractivity contribution >= 4 is 29.3 Å². The van der Waals surface area contributed by atoms with Crippen LogP contribution in [-0.4, -0.2) is 74.9 Å². The van der Waals surface area contributed by atoms with Crippen molar-refractivity contribution < 1.29 is 9.59 Å². The van der Waals surface area contributed by atoms with Crippen LogP contribution in [0.4, 0.5) is 5.69 Å². The van der Waals surface area contributed by atoms with Gasteiger partial charge in [-0.3, -0.25) is 19.1 Å². The number of carbonyl (C=O) groups is 2. The smallest absolute Gasteiger partial charge is 0.238 e. The minimum atomic E-state index is -0.0250. The zero-order chi connectivity index (χ0) is 23.2. The molecule has 0 bridgehead atoms. The largest absolute Gasteiger partial charge is 0.339 e. The maximum Gasteiger partial charge on any atom is 0.238 e. The van der Waals surface area contributed by atoms with Crippen molar-refractivity contribution in [3.05, 3.63) is 66.0 Å². The summed E-state index contributed by atoms with van der Waals surface area (Å²) in [5.41, 5.74) is 3.96. The highest BCUT2D eigenvalue weighted by molar-refractivity contribution is 7.99. The average Bonchev–Trinajstić information content (AvgIpc) is 3.30. The van der Waals surface area contributed by atoms with E-state index in [4.69, 9.17) is 0 Å². The van der Waals surface area contributed by atoms with Gasteiger partial charge < -0.3 is 10.2 Å². The summed E-state index contributed by atoms with van der Waals surface area (Å²) in [5.74, 6) is 0.351. The average molecular weight is 465 g/mol. The van der Waals surface area contributed by atoms with Crippen molar-refractivity contribution in [2.24, 2.45) is 0 Å². The van der Waals surface area contributed by atoms with E-state index < -0.39 is 0 Å². The monoisotopic (exact) mass is 464 g/mol. The Morgan fingerprint density at radius 2 is 1.67 bits per heavy atom. The van der Waals surface area contributed by atoms with Gasteiger partial charge in [0.15, 0.2) is 5.16 Å². The quantitative estimate of drug-likeness (QED) is 0.542. The van der Waals surface area contributed by atoms with Crippen LogP contribution in [0.25, 0.3) is 5.69 Å². The predicted molar refractivity (Wildman–Crippen MR) is 130 cm³/mol. The van der Waals surface area contributed by atoms with Crippen molar-refractivity contribution in [3.8, 4) is 5.69 Å². The van der Waals surface area contributed by atoms with Crippen LogP contribution in [0.5, 0.6) is 0 Å². The Morgan fingerprint density at radius 3 is 2.36 bits per heavy atom. The Kier molecular flexibility index (Phi) is 7.41. The first kappa shape index (κ1) is 23.0. The van der Waals surface area contributed by atoms with Gasteiger partial charge in [0.1, 0.15) is 6.33 Å². The van der Waals surface area contributed by atoms with E-state index in [1.165, 1.54) is 11.8 Å². The third-order valence-electron chi connectivity index (χ3n) is 5.71. The van der Waals surface area contributed by atoms with Gasteiger partial charge in [0.2, 0.25) is 11.8 Å². The van der Waals surface area contributed by atoms with Gasteiger partial charge in [0.05, 0.1) is 12.3 Å². The summed E-state index contributed by atoms with van der Waals surface area (Å²) in [6.07, 6.45) is 1.66. The van der Waals surface area contributed by atoms with Crippen molar-refractivity contribution in [2.75, 3.05) is 43.8 Å². The Hall–Kier alpha value is -3.17. The molecule has 172 valence electrons. The van der Waals surface area contributed by atoms with Gasteiger partial charge in [-0.05, 0) is 37.1 Å². The molecular weight excluding hydrogens is 436 g/mol. The normalized spacial score (nSPS) is 14.3. The highest BCUT2D eigenvalue weighted by atomic mass is 32.2. The Morgan fingerprint density at radius 1 is 0.970 bits per heavy atom. The van der Waals surface area contributed by atoms with Gasteiger partial charge >= 0.3 is 0 Å². The first-order chi connectivity index (χ1) is 16.0. The molecular formula is C24H28N6O2S. The molecule has 0 saturated carbocycles. The number of aryl methyl sites for hydroxylation is 2. The lowest BCUT2D eigenvalue weighted by molar-refractivity contribution is -0.130. The molecule has 9 heteroatoms. The number of amides is 2. The van der Waals surface area contributed by atoms with Crippen LogP contribution in [0.2, 0.25) is 0 Å². The fourth-order valence-electron chi connectivity index (χ4n) is 3.86. The summed E-state index contributed by atoms with van der Waals surface area (Å²) in [6.45, 7) is 6.89. The van der Waals surface area contributed by atoms with Gasteiger partial charge in [-0.1, -0.05) is 48.2 Å². The maximum atomic E-state index is 12.7.